The zero-order valence-electron chi connectivity index (χ0n) is 4.71. The maximum absolute atomic E-state index is 8.36. The second-order valence-electron chi connectivity index (χ2n) is 0.238. The summed E-state index contributed by atoms with van der Waals surface area (Å²) in [5.41, 5.74) is 0. The van der Waals surface area contributed by atoms with Crippen molar-refractivity contribution in [3.05, 3.63) is 10.1 Å². The molecule has 78 valence electrons. The Bertz CT molecular complexity index is 32.5. The second-order valence-corrected chi connectivity index (χ2v) is 0.238. The van der Waals surface area contributed by atoms with Crippen molar-refractivity contribution in [3.8, 4) is 0 Å². The molecule has 0 heterocycles. The first-order chi connectivity index (χ1) is 1.73. The summed E-state index contributed by atoms with van der Waals surface area (Å²) in [5, 5.41) is 13.6. The minimum atomic E-state index is -1.50. The Kier molecular flexibility index (Phi) is 1140. The molecule has 13 N–H and O–H groups in total. The van der Waals surface area contributed by atoms with Gasteiger partial charge in [0.15, 0.2) is 0 Å². The van der Waals surface area contributed by atoms with Crippen LogP contribution in [0.4, 0.5) is 0 Å². The van der Waals surface area contributed by atoms with E-state index in [-0.39, 0.29) is 58.7 Å². The fourth-order valence-electron chi connectivity index (χ4n) is 0. The third kappa shape index (κ3) is 20900. The van der Waals surface area contributed by atoms with Crippen molar-refractivity contribution in [2.75, 3.05) is 0 Å². The molecule has 0 spiro atoms. The van der Waals surface area contributed by atoms with Crippen molar-refractivity contribution in [2.45, 2.75) is 0 Å². The third-order valence-electron chi connectivity index (χ3n) is 0. The van der Waals surface area contributed by atoms with Crippen LogP contribution in [0.5, 0.6) is 0 Å². The molecule has 0 unspecified atom stereocenters. The second kappa shape index (κ2) is 95.7. The predicted molar refractivity (Wildman–Crippen MR) is 40.4 cm³/mol. The van der Waals surface area contributed by atoms with Crippen LogP contribution < -0.4 is 0 Å². The van der Waals surface area contributed by atoms with E-state index in [1.165, 1.54) is 0 Å². The van der Waals surface area contributed by atoms with Gasteiger partial charge >= 0.3 is 25.8 Å². The summed E-state index contributed by atoms with van der Waals surface area (Å²) in [7, 11) is 0. The Morgan fingerprint density at radius 2 is 0.909 bits per heavy atom. The molecule has 11 heteroatoms. The summed E-state index contributed by atoms with van der Waals surface area (Å²) in [6.07, 6.45) is 0. The van der Waals surface area contributed by atoms with Crippen molar-refractivity contribution in [3.63, 3.8) is 0 Å². The van der Waals surface area contributed by atoms with Gasteiger partial charge in [-0.25, -0.2) is 0 Å². The van der Waals surface area contributed by atoms with Gasteiger partial charge in [0, 0.05) is 0 Å². The molecule has 0 saturated carbocycles. The van der Waals surface area contributed by atoms with Gasteiger partial charge in [0.05, 0.1) is 0 Å². The van der Waals surface area contributed by atoms with Crippen LogP contribution in [0.25, 0.3) is 0 Å². The van der Waals surface area contributed by atoms with Crippen molar-refractivity contribution < 1.29 is 43.2 Å². The van der Waals surface area contributed by atoms with E-state index in [4.69, 9.17) is 15.3 Å². The summed E-state index contributed by atoms with van der Waals surface area (Å²) in [6, 6.07) is 0. The van der Waals surface area contributed by atoms with Crippen molar-refractivity contribution in [1.29, 1.82) is 0 Å². The van der Waals surface area contributed by atoms with Crippen molar-refractivity contribution in [1.82, 2.24) is 0 Å². The summed E-state index contributed by atoms with van der Waals surface area (Å²) in [6.45, 7) is 0. The Morgan fingerprint density at radius 1 is 0.909 bits per heavy atom. The third-order valence-corrected chi connectivity index (χ3v) is 0. The molecule has 0 aliphatic carbocycles. The summed E-state index contributed by atoms with van der Waals surface area (Å²) in [5.74, 6) is 0. The molecule has 0 aliphatic rings. The maximum atomic E-state index is 8.36. The molecule has 0 radical (unpaired) electrons. The molecule has 0 bridgehead atoms. The normalized spacial score (nSPS) is 2.18. The van der Waals surface area contributed by atoms with Gasteiger partial charge in [-0.2, -0.15) is 0 Å². The summed E-state index contributed by atoms with van der Waals surface area (Å²) in [4.78, 5) is 8.36. The zero-order chi connectivity index (χ0) is 3.58. The average molecular weight is 289 g/mol. The topological polar surface area (TPSA) is 252 Å². The van der Waals surface area contributed by atoms with Crippen LogP contribution in [-0.2, 0) is 0 Å². The standard InChI is InChI=1S/In.HNO3.6H2O.3H/c;2-1(3)4;;;;;;;;;/h;(H,2,3,4);6*1H2;;;. The zero-order valence-corrected chi connectivity index (χ0v) is 4.71. The van der Waals surface area contributed by atoms with Crippen LogP contribution in [0, 0.1) is 10.1 Å². The van der Waals surface area contributed by atoms with Gasteiger partial charge in [0.2, 0.25) is 0 Å². The van der Waals surface area contributed by atoms with Gasteiger partial charge in [-0.15, -0.1) is 10.1 Å². The van der Waals surface area contributed by atoms with E-state index in [1.54, 1.807) is 0 Å². The molecule has 0 aliphatic heterocycles. The molecule has 0 saturated heterocycles. The van der Waals surface area contributed by atoms with Crippen LogP contribution in [0.1, 0.15) is 0 Å². The Balaban J connectivity index is -0.00000000214. The minimum absolute atomic E-state index is 0. The van der Waals surface area contributed by atoms with E-state index in [0.29, 0.717) is 0 Å². The van der Waals surface area contributed by atoms with Crippen LogP contribution in [0.3, 0.4) is 0 Å². The van der Waals surface area contributed by atoms with Gasteiger partial charge in [0.25, 0.3) is 5.09 Å². The Hall–Kier alpha value is -0.170. The fraction of sp³-hybridized carbons (Fsp3) is 0. The van der Waals surface area contributed by atoms with E-state index in [2.05, 4.69) is 0 Å². The van der Waals surface area contributed by atoms with Gasteiger partial charge in [-0.3, -0.25) is 0 Å². The van der Waals surface area contributed by atoms with E-state index in [1.807, 2.05) is 0 Å². The van der Waals surface area contributed by atoms with Crippen LogP contribution >= 0.6 is 0 Å². The molecule has 11 heavy (non-hydrogen) atoms. The van der Waals surface area contributed by atoms with Crippen LogP contribution in [0.2, 0.25) is 0 Å². The van der Waals surface area contributed by atoms with Crippen LogP contribution in [0.15, 0.2) is 0 Å². The summed E-state index contributed by atoms with van der Waals surface area (Å²) >= 11 is 0. The first-order valence-corrected chi connectivity index (χ1v) is 0.565. The van der Waals surface area contributed by atoms with E-state index >= 15 is 0 Å². The van der Waals surface area contributed by atoms with Gasteiger partial charge in [0.1, 0.15) is 0 Å². The molecular weight excluding hydrogens is 273 g/mol. The van der Waals surface area contributed by atoms with Gasteiger partial charge in [-0.05, 0) is 0 Å². The quantitative estimate of drug-likeness (QED) is 0.337. The van der Waals surface area contributed by atoms with E-state index < -0.39 is 5.09 Å². The van der Waals surface area contributed by atoms with E-state index in [0.717, 1.165) is 0 Å². The molecule has 0 aromatic heterocycles. The molecule has 0 fully saturated rings. The van der Waals surface area contributed by atoms with E-state index in [9.17, 15) is 0 Å². The SMILES string of the molecule is O.O.O.O.O.O.O=[N+]([O-])O.[InH3]. The number of nitrogens with zero attached hydrogens (tertiary/aromatic N) is 1. The molecule has 0 atom stereocenters. The fourth-order valence-corrected chi connectivity index (χ4v) is 0. The predicted octanol–water partition coefficient (Wildman–Crippen LogP) is -6.48. The number of rotatable bonds is 0. The monoisotopic (exact) mass is 289 g/mol. The molecule has 0 rings (SSSR count). The molecule has 0 aromatic rings. The Morgan fingerprint density at radius 3 is 0.909 bits per heavy atom. The molecule has 0 amide bonds. The molecule has 10 nitrogen and oxygen atoms in total. The van der Waals surface area contributed by atoms with Crippen molar-refractivity contribution >= 4 is 25.8 Å². The van der Waals surface area contributed by atoms with Gasteiger partial charge in [-0.1, -0.05) is 0 Å². The summed E-state index contributed by atoms with van der Waals surface area (Å²) < 4.78 is 0. The first-order valence-electron chi connectivity index (χ1n) is 0.565. The van der Waals surface area contributed by atoms with Crippen molar-refractivity contribution in [2.24, 2.45) is 0 Å². The van der Waals surface area contributed by atoms with Gasteiger partial charge < -0.3 is 38.1 Å². The Labute approximate surface area is 79.6 Å². The number of hydrogen-bond acceptors (Lipinski definition) is 2. The first kappa shape index (κ1) is 131. The number of hydrogen-bond donors (Lipinski definition) is 1. The average Bonchev–Trinajstić information content (AvgIpc) is 0.811. The molecule has 0 aromatic carbocycles. The van der Waals surface area contributed by atoms with Crippen LogP contribution in [-0.4, -0.2) is 69.0 Å². The molecular formula is H16InNO9.